The fourth-order valence-corrected chi connectivity index (χ4v) is 7.77. The van der Waals surface area contributed by atoms with Gasteiger partial charge in [0, 0.05) is 5.02 Å². The molecule has 0 saturated heterocycles. The number of hydrogen-bond acceptors (Lipinski definition) is 0. The lowest BCUT2D eigenvalue weighted by molar-refractivity contribution is 0.333. The zero-order valence-electron chi connectivity index (χ0n) is 23.8. The van der Waals surface area contributed by atoms with Crippen molar-refractivity contribution in [2.75, 3.05) is 0 Å². The molecule has 40 heavy (non-hydrogen) atoms. The maximum atomic E-state index is 6.73. The van der Waals surface area contributed by atoms with Crippen LogP contribution in [0.4, 0.5) is 0 Å². The van der Waals surface area contributed by atoms with Crippen LogP contribution in [0.25, 0.3) is 22.3 Å². The summed E-state index contributed by atoms with van der Waals surface area (Å²) in [6.07, 6.45) is 2.40. The second kappa shape index (κ2) is 8.95. The predicted molar refractivity (Wildman–Crippen MR) is 169 cm³/mol. The first kappa shape index (κ1) is 25.4. The smallest absolute Gasteiger partial charge is 0.0714 e. The third-order valence-electron chi connectivity index (χ3n) is 9.67. The maximum absolute atomic E-state index is 6.73. The highest BCUT2D eigenvalue weighted by Crippen LogP contribution is 2.58. The predicted octanol–water partition coefficient (Wildman–Crippen LogP) is 10.7. The van der Waals surface area contributed by atoms with Crippen molar-refractivity contribution in [3.8, 4) is 22.3 Å². The van der Waals surface area contributed by atoms with Gasteiger partial charge in [-0.1, -0.05) is 136 Å². The molecule has 0 unspecified atom stereocenters. The molecule has 0 atom stereocenters. The quantitative estimate of drug-likeness (QED) is 0.210. The molecule has 0 N–H and O–H groups in total. The van der Waals surface area contributed by atoms with Crippen LogP contribution in [-0.4, -0.2) is 0 Å². The molecule has 1 heteroatoms. The summed E-state index contributed by atoms with van der Waals surface area (Å²) in [7, 11) is 0. The zero-order valence-corrected chi connectivity index (χ0v) is 24.5. The van der Waals surface area contributed by atoms with Crippen LogP contribution in [0.2, 0.25) is 5.02 Å². The first-order valence-electron chi connectivity index (χ1n) is 14.4. The van der Waals surface area contributed by atoms with Crippen LogP contribution in [0, 0.1) is 0 Å². The van der Waals surface area contributed by atoms with Crippen LogP contribution in [0.3, 0.4) is 0 Å². The van der Waals surface area contributed by atoms with Crippen molar-refractivity contribution < 1.29 is 0 Å². The molecule has 0 fully saturated rings. The van der Waals surface area contributed by atoms with Gasteiger partial charge in [-0.05, 0) is 97.5 Å². The summed E-state index contributed by atoms with van der Waals surface area (Å²) in [6.45, 7) is 9.66. The van der Waals surface area contributed by atoms with Crippen molar-refractivity contribution >= 4 is 11.6 Å². The minimum absolute atomic E-state index is 0.118. The van der Waals surface area contributed by atoms with E-state index < -0.39 is 5.41 Å². The summed E-state index contributed by atoms with van der Waals surface area (Å²) >= 11 is 6.73. The highest BCUT2D eigenvalue weighted by Gasteiger charge is 2.46. The van der Waals surface area contributed by atoms with Gasteiger partial charge in [-0.15, -0.1) is 0 Å². The molecule has 5 aromatic carbocycles. The maximum Gasteiger partial charge on any atom is 0.0714 e. The van der Waals surface area contributed by atoms with Crippen molar-refractivity contribution in [3.05, 3.63) is 154 Å². The Balaban J connectivity index is 1.57. The van der Waals surface area contributed by atoms with Crippen molar-refractivity contribution in [3.63, 3.8) is 0 Å². The third kappa shape index (κ3) is 3.59. The van der Waals surface area contributed by atoms with E-state index in [1.165, 1.54) is 68.5 Å². The SMILES string of the molecule is CC1(C)CCC(C)(C)c2c(-c3ccc4c(c3)C(c3ccccc3)(c3ccccc3)c3cc(Cl)ccc3-4)cccc21. The van der Waals surface area contributed by atoms with Gasteiger partial charge >= 0.3 is 0 Å². The van der Waals surface area contributed by atoms with E-state index in [2.05, 4.69) is 137 Å². The van der Waals surface area contributed by atoms with Gasteiger partial charge in [0.05, 0.1) is 5.41 Å². The molecule has 0 bridgehead atoms. The summed E-state index contributed by atoms with van der Waals surface area (Å²) < 4.78 is 0. The molecule has 0 nitrogen and oxygen atoms in total. The van der Waals surface area contributed by atoms with Gasteiger partial charge in [0.15, 0.2) is 0 Å². The molecule has 0 heterocycles. The molecular formula is C39H35Cl. The monoisotopic (exact) mass is 538 g/mol. The van der Waals surface area contributed by atoms with Crippen LogP contribution >= 0.6 is 11.6 Å². The van der Waals surface area contributed by atoms with Crippen molar-refractivity contribution in [2.24, 2.45) is 0 Å². The Hall–Kier alpha value is -3.61. The summed E-state index contributed by atoms with van der Waals surface area (Å²) in [6, 6.07) is 42.5. The van der Waals surface area contributed by atoms with Crippen LogP contribution in [0.1, 0.15) is 73.9 Å². The van der Waals surface area contributed by atoms with Crippen LogP contribution in [-0.2, 0) is 16.2 Å². The van der Waals surface area contributed by atoms with Gasteiger partial charge in [0.25, 0.3) is 0 Å². The van der Waals surface area contributed by atoms with E-state index in [-0.39, 0.29) is 10.8 Å². The highest BCUT2D eigenvalue weighted by molar-refractivity contribution is 6.30. The average molecular weight is 539 g/mol. The van der Waals surface area contributed by atoms with Crippen LogP contribution in [0.5, 0.6) is 0 Å². The molecule has 2 aliphatic carbocycles. The van der Waals surface area contributed by atoms with Gasteiger partial charge < -0.3 is 0 Å². The molecule has 198 valence electrons. The Morgan fingerprint density at radius 1 is 0.500 bits per heavy atom. The average Bonchev–Trinajstić information content (AvgIpc) is 3.25. The van der Waals surface area contributed by atoms with Crippen molar-refractivity contribution in [1.29, 1.82) is 0 Å². The lowest BCUT2D eigenvalue weighted by Crippen LogP contribution is -2.34. The lowest BCUT2D eigenvalue weighted by atomic mass is 9.61. The molecule has 0 aromatic heterocycles. The van der Waals surface area contributed by atoms with Crippen LogP contribution < -0.4 is 0 Å². The Bertz CT molecular complexity index is 1700. The summed E-state index contributed by atoms with van der Waals surface area (Å²) in [5, 5.41) is 0.768. The molecule has 7 rings (SSSR count). The minimum atomic E-state index is -0.461. The molecule has 0 radical (unpaired) electrons. The van der Waals surface area contributed by atoms with Gasteiger partial charge in [0.2, 0.25) is 0 Å². The molecule has 0 spiro atoms. The second-order valence-electron chi connectivity index (χ2n) is 12.9. The summed E-state index contributed by atoms with van der Waals surface area (Å²) in [5.41, 5.74) is 13.1. The lowest BCUT2D eigenvalue weighted by Gasteiger charge is -2.43. The normalized spacial score (nSPS) is 17.5. The first-order valence-corrected chi connectivity index (χ1v) is 14.8. The number of benzene rings is 5. The van der Waals surface area contributed by atoms with E-state index in [4.69, 9.17) is 11.6 Å². The number of hydrogen-bond donors (Lipinski definition) is 0. The molecule has 2 aliphatic rings. The Kier molecular flexibility index (Phi) is 5.67. The minimum Gasteiger partial charge on any atom is -0.0843 e. The van der Waals surface area contributed by atoms with E-state index in [0.29, 0.717) is 0 Å². The van der Waals surface area contributed by atoms with E-state index >= 15 is 0 Å². The Labute approximate surface area is 243 Å². The first-order chi connectivity index (χ1) is 19.2. The molecule has 0 amide bonds. The van der Waals surface area contributed by atoms with E-state index in [1.54, 1.807) is 0 Å². The van der Waals surface area contributed by atoms with Crippen molar-refractivity contribution in [1.82, 2.24) is 0 Å². The van der Waals surface area contributed by atoms with Crippen molar-refractivity contribution in [2.45, 2.75) is 56.8 Å². The van der Waals surface area contributed by atoms with Gasteiger partial charge in [0.1, 0.15) is 0 Å². The highest BCUT2D eigenvalue weighted by atomic mass is 35.5. The number of rotatable bonds is 3. The Morgan fingerprint density at radius 3 is 1.73 bits per heavy atom. The number of halogens is 1. The third-order valence-corrected chi connectivity index (χ3v) is 9.90. The largest absolute Gasteiger partial charge is 0.0843 e. The van der Waals surface area contributed by atoms with E-state index in [0.717, 1.165) is 5.02 Å². The Morgan fingerprint density at radius 2 is 1.07 bits per heavy atom. The summed E-state index contributed by atoms with van der Waals surface area (Å²) in [4.78, 5) is 0. The number of fused-ring (bicyclic) bond motifs is 4. The van der Waals surface area contributed by atoms with Gasteiger partial charge in [-0.2, -0.15) is 0 Å². The van der Waals surface area contributed by atoms with Gasteiger partial charge in [-0.25, -0.2) is 0 Å². The second-order valence-corrected chi connectivity index (χ2v) is 13.4. The standard InChI is InChI=1S/C39H35Cl/c1-37(2)22-23-38(3,4)36-30(16-11-17-33(36)37)26-18-20-31-32-21-19-29(40)25-35(32)39(34(31)24-26,27-12-7-5-8-13-27)28-14-9-6-10-15-28/h5-21,24-25H,22-23H2,1-4H3. The molecule has 5 aromatic rings. The summed E-state index contributed by atoms with van der Waals surface area (Å²) in [5.74, 6) is 0. The molecule has 0 saturated carbocycles. The van der Waals surface area contributed by atoms with Crippen LogP contribution in [0.15, 0.2) is 115 Å². The van der Waals surface area contributed by atoms with E-state index in [9.17, 15) is 0 Å². The fraction of sp³-hybridized carbons (Fsp3) is 0.231. The van der Waals surface area contributed by atoms with Gasteiger partial charge in [-0.3, -0.25) is 0 Å². The fourth-order valence-electron chi connectivity index (χ4n) is 7.60. The van der Waals surface area contributed by atoms with E-state index in [1.807, 2.05) is 6.07 Å². The zero-order chi connectivity index (χ0) is 27.7. The molecule has 0 aliphatic heterocycles. The topological polar surface area (TPSA) is 0 Å². The molecular weight excluding hydrogens is 504 g/mol.